The molecule has 0 aliphatic rings. The summed E-state index contributed by atoms with van der Waals surface area (Å²) >= 11 is 11.9. The van der Waals surface area contributed by atoms with E-state index in [0.717, 1.165) is 0 Å². The number of benzene rings is 1. The van der Waals surface area contributed by atoms with Crippen molar-refractivity contribution in [2.75, 3.05) is 22.4 Å². The van der Waals surface area contributed by atoms with E-state index in [1.54, 1.807) is 31.4 Å². The van der Waals surface area contributed by atoms with E-state index in [1.807, 2.05) is 0 Å². The second-order valence-corrected chi connectivity index (χ2v) is 8.66. The first-order chi connectivity index (χ1) is 14.2. The van der Waals surface area contributed by atoms with Crippen molar-refractivity contribution in [3.63, 3.8) is 0 Å². The first-order valence-corrected chi connectivity index (χ1v) is 10.8. The standard InChI is InChI=1S/C19H17Cl2N5O3S/c1-11(27)25-18-8-12(5-6-23-18)13-7-16(19(22-2)24-10-13)26-30(28,29)17-4-3-14(20)9-15(17)21/h3-10,26H,1-2H3,(H,22,24)(H,23,25,27). The fourth-order valence-electron chi connectivity index (χ4n) is 2.65. The number of amides is 1. The molecule has 0 bridgehead atoms. The monoisotopic (exact) mass is 465 g/mol. The van der Waals surface area contributed by atoms with Crippen molar-refractivity contribution in [2.45, 2.75) is 11.8 Å². The predicted octanol–water partition coefficient (Wildman–Crippen LogP) is 4.25. The average molecular weight is 466 g/mol. The van der Waals surface area contributed by atoms with Gasteiger partial charge in [-0.3, -0.25) is 9.52 Å². The molecule has 0 aliphatic carbocycles. The van der Waals surface area contributed by atoms with Crippen molar-refractivity contribution in [3.8, 4) is 11.1 Å². The molecular weight excluding hydrogens is 449 g/mol. The van der Waals surface area contributed by atoms with Crippen molar-refractivity contribution in [3.05, 3.63) is 58.8 Å². The minimum absolute atomic E-state index is 0.000737. The second-order valence-electron chi connectivity index (χ2n) is 6.16. The maximum absolute atomic E-state index is 12.9. The number of anilines is 3. The van der Waals surface area contributed by atoms with Gasteiger partial charge in [0.15, 0.2) is 0 Å². The number of pyridine rings is 2. The molecule has 1 aromatic carbocycles. The Morgan fingerprint density at radius 2 is 1.80 bits per heavy atom. The van der Waals surface area contributed by atoms with Crippen LogP contribution in [0.3, 0.4) is 0 Å². The summed E-state index contributed by atoms with van der Waals surface area (Å²) in [6, 6.07) is 9.11. The Morgan fingerprint density at radius 1 is 1.03 bits per heavy atom. The van der Waals surface area contributed by atoms with Crippen molar-refractivity contribution < 1.29 is 13.2 Å². The second kappa shape index (κ2) is 8.86. The number of halogens is 2. The van der Waals surface area contributed by atoms with Gasteiger partial charge in [0.05, 0.1) is 10.7 Å². The van der Waals surface area contributed by atoms with Crippen molar-refractivity contribution >= 4 is 56.5 Å². The van der Waals surface area contributed by atoms with Crippen LogP contribution in [-0.4, -0.2) is 31.3 Å². The highest BCUT2D eigenvalue weighted by molar-refractivity contribution is 7.92. The number of nitrogens with one attached hydrogen (secondary N) is 3. The molecule has 8 nitrogen and oxygen atoms in total. The highest BCUT2D eigenvalue weighted by atomic mass is 35.5. The van der Waals surface area contributed by atoms with E-state index >= 15 is 0 Å². The molecule has 1 amide bonds. The van der Waals surface area contributed by atoms with E-state index in [4.69, 9.17) is 23.2 Å². The van der Waals surface area contributed by atoms with E-state index in [0.29, 0.717) is 27.8 Å². The topological polar surface area (TPSA) is 113 Å². The molecule has 0 saturated carbocycles. The van der Waals surface area contributed by atoms with Crippen LogP contribution in [0.4, 0.5) is 17.3 Å². The van der Waals surface area contributed by atoms with E-state index in [2.05, 4.69) is 25.3 Å². The van der Waals surface area contributed by atoms with Crippen LogP contribution in [0, 0.1) is 0 Å². The van der Waals surface area contributed by atoms with Gasteiger partial charge in [-0.25, -0.2) is 18.4 Å². The normalized spacial score (nSPS) is 11.1. The van der Waals surface area contributed by atoms with Crippen LogP contribution in [0.1, 0.15) is 6.92 Å². The molecule has 30 heavy (non-hydrogen) atoms. The Hall–Kier alpha value is -2.88. The summed E-state index contributed by atoms with van der Waals surface area (Å²) in [6.45, 7) is 1.38. The van der Waals surface area contributed by atoms with Crippen molar-refractivity contribution in [2.24, 2.45) is 0 Å². The molecular formula is C19H17Cl2N5O3S. The van der Waals surface area contributed by atoms with Crippen LogP contribution in [0.25, 0.3) is 11.1 Å². The third kappa shape index (κ3) is 4.99. The minimum Gasteiger partial charge on any atom is -0.371 e. The first-order valence-electron chi connectivity index (χ1n) is 8.59. The molecule has 0 unspecified atom stereocenters. The zero-order chi connectivity index (χ0) is 21.9. The summed E-state index contributed by atoms with van der Waals surface area (Å²) in [5.74, 6) is 0.438. The zero-order valence-electron chi connectivity index (χ0n) is 15.9. The third-order valence-corrected chi connectivity index (χ3v) is 6.03. The van der Waals surface area contributed by atoms with Crippen molar-refractivity contribution in [1.82, 2.24) is 9.97 Å². The van der Waals surface area contributed by atoms with Crippen LogP contribution in [-0.2, 0) is 14.8 Å². The lowest BCUT2D eigenvalue weighted by atomic mass is 10.1. The minimum atomic E-state index is -4.01. The Bertz CT molecular complexity index is 1220. The van der Waals surface area contributed by atoms with Crippen LogP contribution < -0.4 is 15.4 Å². The van der Waals surface area contributed by atoms with Gasteiger partial charge in [0.2, 0.25) is 5.91 Å². The number of carbonyl (C=O) groups is 1. The largest absolute Gasteiger partial charge is 0.371 e. The number of nitrogens with zero attached hydrogens (tertiary/aromatic N) is 2. The molecule has 11 heteroatoms. The van der Waals surface area contributed by atoms with E-state index < -0.39 is 10.0 Å². The number of rotatable bonds is 6. The van der Waals surface area contributed by atoms with E-state index in [-0.39, 0.29) is 21.5 Å². The Kier molecular flexibility index (Phi) is 6.45. The lowest BCUT2D eigenvalue weighted by Crippen LogP contribution is -2.15. The molecule has 0 spiro atoms. The highest BCUT2D eigenvalue weighted by Crippen LogP contribution is 2.31. The summed E-state index contributed by atoms with van der Waals surface area (Å²) in [4.78, 5) is 19.5. The zero-order valence-corrected chi connectivity index (χ0v) is 18.2. The third-order valence-electron chi connectivity index (χ3n) is 3.95. The molecule has 0 saturated heterocycles. The van der Waals surface area contributed by atoms with Crippen LogP contribution in [0.2, 0.25) is 10.0 Å². The SMILES string of the molecule is CNc1ncc(-c2ccnc(NC(C)=O)c2)cc1NS(=O)(=O)c1ccc(Cl)cc1Cl. The van der Waals surface area contributed by atoms with Gasteiger partial charge in [0.25, 0.3) is 10.0 Å². The number of hydrogen-bond donors (Lipinski definition) is 3. The molecule has 3 rings (SSSR count). The maximum atomic E-state index is 12.9. The number of sulfonamides is 1. The molecule has 2 heterocycles. The predicted molar refractivity (Wildman–Crippen MR) is 119 cm³/mol. The molecule has 0 fully saturated rings. The molecule has 2 aromatic heterocycles. The molecule has 0 radical (unpaired) electrons. The quantitative estimate of drug-likeness (QED) is 0.501. The maximum Gasteiger partial charge on any atom is 0.263 e. The lowest BCUT2D eigenvalue weighted by Gasteiger charge is -2.14. The van der Waals surface area contributed by atoms with Crippen LogP contribution in [0.15, 0.2) is 53.7 Å². The van der Waals surface area contributed by atoms with Gasteiger partial charge in [0, 0.05) is 37.0 Å². The van der Waals surface area contributed by atoms with Gasteiger partial charge in [-0.2, -0.15) is 0 Å². The number of carbonyl (C=O) groups excluding carboxylic acids is 1. The Labute approximate surface area is 183 Å². The summed E-state index contributed by atoms with van der Waals surface area (Å²) in [7, 11) is -2.38. The van der Waals surface area contributed by atoms with E-state index in [1.165, 1.54) is 31.3 Å². The summed E-state index contributed by atoms with van der Waals surface area (Å²) in [5.41, 5.74) is 1.52. The summed E-state index contributed by atoms with van der Waals surface area (Å²) in [5, 5.41) is 5.78. The molecule has 0 atom stereocenters. The molecule has 156 valence electrons. The highest BCUT2D eigenvalue weighted by Gasteiger charge is 2.20. The van der Waals surface area contributed by atoms with Gasteiger partial charge in [-0.15, -0.1) is 0 Å². The van der Waals surface area contributed by atoms with Gasteiger partial charge in [-0.05, 0) is 42.0 Å². The Balaban J connectivity index is 2.00. The molecule has 3 N–H and O–H groups in total. The van der Waals surface area contributed by atoms with Crippen LogP contribution >= 0.6 is 23.2 Å². The molecule has 0 aliphatic heterocycles. The average Bonchev–Trinajstić information content (AvgIpc) is 2.67. The summed E-state index contributed by atoms with van der Waals surface area (Å²) in [6.07, 6.45) is 3.11. The smallest absolute Gasteiger partial charge is 0.263 e. The van der Waals surface area contributed by atoms with E-state index in [9.17, 15) is 13.2 Å². The fraction of sp³-hybridized carbons (Fsp3) is 0.105. The van der Waals surface area contributed by atoms with Crippen molar-refractivity contribution in [1.29, 1.82) is 0 Å². The van der Waals surface area contributed by atoms with Gasteiger partial charge in [-0.1, -0.05) is 23.2 Å². The number of hydrogen-bond acceptors (Lipinski definition) is 6. The van der Waals surface area contributed by atoms with Crippen LogP contribution in [0.5, 0.6) is 0 Å². The lowest BCUT2D eigenvalue weighted by molar-refractivity contribution is -0.114. The summed E-state index contributed by atoms with van der Waals surface area (Å²) < 4.78 is 28.3. The first kappa shape index (κ1) is 21.8. The van der Waals surface area contributed by atoms with Gasteiger partial charge in [0.1, 0.15) is 16.5 Å². The van der Waals surface area contributed by atoms with Gasteiger partial charge < -0.3 is 10.6 Å². The molecule has 3 aromatic rings. The number of aromatic nitrogens is 2. The van der Waals surface area contributed by atoms with Gasteiger partial charge >= 0.3 is 0 Å². The fourth-order valence-corrected chi connectivity index (χ4v) is 4.48. The Morgan fingerprint density at radius 3 is 2.47 bits per heavy atom.